The number of nitrogens with one attached hydrogen (secondary N) is 1. The summed E-state index contributed by atoms with van der Waals surface area (Å²) in [6.07, 6.45) is 4.43. The van der Waals surface area contributed by atoms with Crippen molar-refractivity contribution in [2.75, 3.05) is 37.0 Å². The molecule has 30 heavy (non-hydrogen) atoms. The lowest BCUT2D eigenvalue weighted by Crippen LogP contribution is -2.38. The molecule has 0 saturated carbocycles. The molecule has 0 aliphatic carbocycles. The van der Waals surface area contributed by atoms with E-state index in [-0.39, 0.29) is 23.5 Å². The Labute approximate surface area is 181 Å². The zero-order valence-electron chi connectivity index (χ0n) is 17.6. The van der Waals surface area contributed by atoms with E-state index in [1.807, 2.05) is 17.6 Å². The van der Waals surface area contributed by atoms with Crippen LogP contribution >= 0.6 is 11.8 Å². The zero-order valence-corrected chi connectivity index (χ0v) is 18.5. The second kappa shape index (κ2) is 11.3. The molecule has 2 aromatic rings. The normalized spacial score (nSPS) is 15.2. The summed E-state index contributed by atoms with van der Waals surface area (Å²) in [6.45, 7) is 6.79. The molecule has 1 atom stereocenters. The highest BCUT2D eigenvalue weighted by Gasteiger charge is 2.22. The summed E-state index contributed by atoms with van der Waals surface area (Å²) in [6, 6.07) is 6.48. The van der Waals surface area contributed by atoms with Crippen molar-refractivity contribution in [2.45, 2.75) is 50.7 Å². The Morgan fingerprint density at radius 1 is 1.30 bits per heavy atom. The van der Waals surface area contributed by atoms with E-state index in [9.17, 15) is 9.18 Å². The fraction of sp³-hybridized carbons (Fsp3) is 0.571. The van der Waals surface area contributed by atoms with Crippen molar-refractivity contribution in [1.29, 1.82) is 0 Å². The molecule has 0 spiro atoms. The van der Waals surface area contributed by atoms with E-state index in [0.29, 0.717) is 43.1 Å². The Hall–Kier alpha value is -2.13. The highest BCUT2D eigenvalue weighted by Crippen LogP contribution is 2.27. The van der Waals surface area contributed by atoms with Crippen molar-refractivity contribution >= 4 is 23.6 Å². The van der Waals surface area contributed by atoms with Crippen LogP contribution < -0.4 is 10.2 Å². The van der Waals surface area contributed by atoms with Gasteiger partial charge in [-0.25, -0.2) is 4.39 Å². The minimum absolute atomic E-state index is 0.0364. The van der Waals surface area contributed by atoms with E-state index in [2.05, 4.69) is 27.3 Å². The molecule has 2 heterocycles. The second-order valence-corrected chi connectivity index (χ2v) is 8.39. The van der Waals surface area contributed by atoms with E-state index in [0.717, 1.165) is 19.3 Å². The number of morpholine rings is 1. The maximum atomic E-state index is 13.9. The van der Waals surface area contributed by atoms with Crippen molar-refractivity contribution in [2.24, 2.45) is 0 Å². The Morgan fingerprint density at radius 3 is 2.83 bits per heavy atom. The van der Waals surface area contributed by atoms with Gasteiger partial charge >= 0.3 is 0 Å². The maximum Gasteiger partial charge on any atom is 0.232 e. The lowest BCUT2D eigenvalue weighted by atomic mass is 10.1. The smallest absolute Gasteiger partial charge is 0.232 e. The summed E-state index contributed by atoms with van der Waals surface area (Å²) in [5.74, 6) is 0.503. The summed E-state index contributed by atoms with van der Waals surface area (Å²) in [5, 5.41) is 12.3. The van der Waals surface area contributed by atoms with E-state index in [1.54, 1.807) is 6.07 Å². The number of halogens is 1. The number of hydrogen-bond donors (Lipinski definition) is 1. The van der Waals surface area contributed by atoms with Crippen molar-refractivity contribution in [3.63, 3.8) is 0 Å². The molecular weight excluding hydrogens is 405 g/mol. The Kier molecular flexibility index (Phi) is 8.50. The number of amides is 1. The number of nitrogens with zero attached hydrogens (tertiary/aromatic N) is 4. The topological polar surface area (TPSA) is 72.3 Å². The summed E-state index contributed by atoms with van der Waals surface area (Å²) in [5.41, 5.74) is 0.636. The fourth-order valence-electron chi connectivity index (χ4n) is 3.38. The minimum atomic E-state index is -0.330. The van der Waals surface area contributed by atoms with Gasteiger partial charge in [0.2, 0.25) is 11.9 Å². The monoisotopic (exact) mass is 435 g/mol. The predicted octanol–water partition coefficient (Wildman–Crippen LogP) is 3.42. The average molecular weight is 436 g/mol. The van der Waals surface area contributed by atoms with Crippen molar-refractivity contribution < 1.29 is 13.9 Å². The number of carbonyl (C=O) groups is 1. The van der Waals surface area contributed by atoms with Crippen LogP contribution in [0.25, 0.3) is 5.69 Å². The number of aromatic nitrogens is 3. The van der Waals surface area contributed by atoms with Crippen LogP contribution in [0.1, 0.15) is 39.5 Å². The van der Waals surface area contributed by atoms with Gasteiger partial charge in [0.1, 0.15) is 5.82 Å². The summed E-state index contributed by atoms with van der Waals surface area (Å²) < 4.78 is 21.1. The average Bonchev–Trinajstić information content (AvgIpc) is 3.17. The second-order valence-electron chi connectivity index (χ2n) is 7.45. The number of ether oxygens (including phenoxy) is 1. The lowest BCUT2D eigenvalue weighted by molar-refractivity contribution is -0.119. The first-order valence-corrected chi connectivity index (χ1v) is 11.5. The molecule has 1 aromatic heterocycles. The van der Waals surface area contributed by atoms with Gasteiger partial charge in [0.25, 0.3) is 0 Å². The fourth-order valence-corrected chi connectivity index (χ4v) is 4.14. The predicted molar refractivity (Wildman–Crippen MR) is 117 cm³/mol. The van der Waals surface area contributed by atoms with Crippen molar-refractivity contribution in [1.82, 2.24) is 20.1 Å². The van der Waals surface area contributed by atoms with Crippen LogP contribution in [-0.4, -0.2) is 58.8 Å². The molecule has 1 aromatic carbocycles. The van der Waals surface area contributed by atoms with Crippen LogP contribution in [0, 0.1) is 5.82 Å². The number of thioether (sulfide) groups is 1. The number of rotatable bonds is 10. The molecule has 7 nitrogen and oxygen atoms in total. The first-order chi connectivity index (χ1) is 14.6. The van der Waals surface area contributed by atoms with Gasteiger partial charge in [0.05, 0.1) is 24.7 Å². The third-order valence-corrected chi connectivity index (χ3v) is 5.89. The number of hydrogen-bond acceptors (Lipinski definition) is 6. The quantitative estimate of drug-likeness (QED) is 0.455. The van der Waals surface area contributed by atoms with E-state index >= 15 is 0 Å². The molecule has 1 amide bonds. The van der Waals surface area contributed by atoms with Gasteiger partial charge in [-0.2, -0.15) is 0 Å². The maximum absolute atomic E-state index is 13.9. The zero-order chi connectivity index (χ0) is 21.3. The summed E-state index contributed by atoms with van der Waals surface area (Å²) in [7, 11) is 0. The molecule has 0 radical (unpaired) electrons. The van der Waals surface area contributed by atoms with Crippen LogP contribution in [0.3, 0.4) is 0 Å². The summed E-state index contributed by atoms with van der Waals surface area (Å²) in [4.78, 5) is 14.5. The van der Waals surface area contributed by atoms with Gasteiger partial charge in [0, 0.05) is 19.1 Å². The van der Waals surface area contributed by atoms with Crippen molar-refractivity contribution in [3.8, 4) is 5.69 Å². The van der Waals surface area contributed by atoms with Gasteiger partial charge in [-0.05, 0) is 31.5 Å². The molecule has 9 heteroatoms. The molecule has 3 rings (SSSR count). The third kappa shape index (κ3) is 6.18. The van der Waals surface area contributed by atoms with Crippen LogP contribution in [0.2, 0.25) is 0 Å². The molecule has 1 N–H and O–H groups in total. The first-order valence-electron chi connectivity index (χ1n) is 10.5. The Balaban J connectivity index is 1.71. The number of benzene rings is 1. The van der Waals surface area contributed by atoms with Gasteiger partial charge in [-0.3, -0.25) is 9.36 Å². The molecule has 1 unspecified atom stereocenters. The van der Waals surface area contributed by atoms with Gasteiger partial charge < -0.3 is 15.0 Å². The van der Waals surface area contributed by atoms with Gasteiger partial charge in [-0.15, -0.1) is 10.2 Å². The van der Waals surface area contributed by atoms with Crippen molar-refractivity contribution in [3.05, 3.63) is 30.1 Å². The largest absolute Gasteiger partial charge is 0.378 e. The molecule has 0 bridgehead atoms. The molecule has 1 aliphatic heterocycles. The molecule has 1 saturated heterocycles. The lowest BCUT2D eigenvalue weighted by Gasteiger charge is -2.27. The van der Waals surface area contributed by atoms with Crippen LogP contribution in [-0.2, 0) is 9.53 Å². The standard InChI is InChI=1S/C21H30FN5O2S/c1-3-4-5-7-16(2)23-19(28)15-30-21-25-24-20(26-10-12-29-13-11-26)27(21)18-9-6-8-17(22)14-18/h6,8-9,14,16H,3-5,7,10-13,15H2,1-2H3,(H,23,28). The van der Waals surface area contributed by atoms with E-state index in [1.165, 1.54) is 30.3 Å². The van der Waals surface area contributed by atoms with E-state index in [4.69, 9.17) is 4.74 Å². The van der Waals surface area contributed by atoms with Crippen LogP contribution in [0.4, 0.5) is 10.3 Å². The van der Waals surface area contributed by atoms with Gasteiger partial charge in [-0.1, -0.05) is 44.0 Å². The Morgan fingerprint density at radius 2 is 2.10 bits per heavy atom. The SMILES string of the molecule is CCCCCC(C)NC(=O)CSc1nnc(N2CCOCC2)n1-c1cccc(F)c1. The third-order valence-electron chi connectivity index (χ3n) is 4.96. The summed E-state index contributed by atoms with van der Waals surface area (Å²) >= 11 is 1.31. The number of anilines is 1. The van der Waals surface area contributed by atoms with Gasteiger partial charge in [0.15, 0.2) is 5.16 Å². The Bertz CT molecular complexity index is 825. The van der Waals surface area contributed by atoms with Crippen LogP contribution in [0.5, 0.6) is 0 Å². The van der Waals surface area contributed by atoms with E-state index < -0.39 is 0 Å². The highest BCUT2D eigenvalue weighted by atomic mass is 32.2. The molecule has 1 aliphatic rings. The first kappa shape index (κ1) is 22.6. The molecule has 1 fully saturated rings. The van der Waals surface area contributed by atoms with Crippen LogP contribution in [0.15, 0.2) is 29.4 Å². The number of carbonyl (C=O) groups excluding carboxylic acids is 1. The number of unbranched alkanes of at least 4 members (excludes halogenated alkanes) is 2. The molecule has 164 valence electrons. The highest BCUT2D eigenvalue weighted by molar-refractivity contribution is 7.99. The molecular formula is C21H30FN5O2S. The minimum Gasteiger partial charge on any atom is -0.378 e.